The average molecular weight is 381 g/mol. The van der Waals surface area contributed by atoms with Crippen molar-refractivity contribution in [2.24, 2.45) is 5.14 Å². The van der Waals surface area contributed by atoms with Crippen LogP contribution in [-0.2, 0) is 14.8 Å². The molecule has 0 aliphatic carbocycles. The van der Waals surface area contributed by atoms with Crippen molar-refractivity contribution in [1.29, 1.82) is 0 Å². The Hall–Kier alpha value is -1.74. The molecule has 0 bridgehead atoms. The molecule has 25 heavy (non-hydrogen) atoms. The average Bonchev–Trinajstić information content (AvgIpc) is 3.24. The Bertz CT molecular complexity index is 833. The van der Waals surface area contributed by atoms with Gasteiger partial charge in [-0.05, 0) is 42.6 Å². The van der Waals surface area contributed by atoms with Crippen LogP contribution in [0.15, 0.2) is 46.7 Å². The third-order valence-corrected chi connectivity index (χ3v) is 6.61. The van der Waals surface area contributed by atoms with Crippen LogP contribution in [0.25, 0.3) is 0 Å². The quantitative estimate of drug-likeness (QED) is 0.726. The number of sulfonamides is 1. The minimum atomic E-state index is -3.73. The van der Waals surface area contributed by atoms with Crippen molar-refractivity contribution >= 4 is 33.0 Å². The van der Waals surface area contributed by atoms with E-state index < -0.39 is 10.0 Å². The van der Waals surface area contributed by atoms with E-state index in [-0.39, 0.29) is 16.8 Å². The number of nitrogens with two attached hydrogens (primary N) is 1. The number of quaternary nitrogens is 1. The highest BCUT2D eigenvalue weighted by molar-refractivity contribution is 7.89. The van der Waals surface area contributed by atoms with E-state index in [0.717, 1.165) is 19.4 Å². The fourth-order valence-electron chi connectivity index (χ4n) is 3.35. The van der Waals surface area contributed by atoms with Crippen LogP contribution >= 0.6 is 11.3 Å². The van der Waals surface area contributed by atoms with Crippen molar-refractivity contribution in [3.63, 3.8) is 0 Å². The summed E-state index contributed by atoms with van der Waals surface area (Å²) < 4.78 is 22.6. The van der Waals surface area contributed by atoms with Gasteiger partial charge in [-0.15, -0.1) is 11.3 Å². The largest absolute Gasteiger partial charge is 0.321 e. The van der Waals surface area contributed by atoms with Crippen molar-refractivity contribution in [1.82, 2.24) is 0 Å². The Morgan fingerprint density at radius 2 is 2.04 bits per heavy atom. The zero-order chi connectivity index (χ0) is 18.0. The molecule has 1 saturated heterocycles. The minimum absolute atomic E-state index is 0.0291. The third-order valence-electron chi connectivity index (χ3n) is 4.69. The lowest BCUT2D eigenvalue weighted by molar-refractivity contribution is -0.931. The van der Waals surface area contributed by atoms with Crippen molar-refractivity contribution in [3.8, 4) is 0 Å². The highest BCUT2D eigenvalue weighted by atomic mass is 32.2. The van der Waals surface area contributed by atoms with Gasteiger partial charge in [0, 0.05) is 18.5 Å². The second kappa shape index (κ2) is 7.25. The lowest BCUT2D eigenvalue weighted by Crippen LogP contribution is -3.15. The Morgan fingerprint density at radius 3 is 2.64 bits per heavy atom. The van der Waals surface area contributed by atoms with Crippen LogP contribution in [-0.4, -0.2) is 26.9 Å². The number of nitrogens with one attached hydrogen (secondary N) is 2. The van der Waals surface area contributed by atoms with Crippen LogP contribution in [0, 0.1) is 0 Å². The normalized spacial score (nSPS) is 21.8. The Morgan fingerprint density at radius 1 is 1.32 bits per heavy atom. The van der Waals surface area contributed by atoms with E-state index in [0.29, 0.717) is 11.7 Å². The zero-order valence-corrected chi connectivity index (χ0v) is 15.6. The second-order valence-corrected chi connectivity index (χ2v) is 8.86. The molecule has 0 saturated carbocycles. The third kappa shape index (κ3) is 4.09. The number of likely N-dealkylation sites (tertiary alicyclic amines) is 1. The lowest BCUT2D eigenvalue weighted by Gasteiger charge is -2.26. The summed E-state index contributed by atoms with van der Waals surface area (Å²) in [5, 5.41) is 10.0. The predicted octanol–water partition coefficient (Wildman–Crippen LogP) is 1.14. The molecular formula is C17H22N3O3S2+. The van der Waals surface area contributed by atoms with Crippen molar-refractivity contribution in [2.45, 2.75) is 36.7 Å². The molecule has 0 radical (unpaired) electrons. The monoisotopic (exact) mass is 380 g/mol. The molecule has 0 spiro atoms. The Kier molecular flexibility index (Phi) is 5.24. The molecule has 1 amide bonds. The van der Waals surface area contributed by atoms with Crippen LogP contribution in [0.4, 0.5) is 5.69 Å². The SMILES string of the molecule is C[C@H](C(=O)Nc1ccc(S(N)(=O)=O)cc1)[NH+]1CCC[C@@H]1c1cccs1. The summed E-state index contributed by atoms with van der Waals surface area (Å²) >= 11 is 1.74. The molecule has 8 heteroatoms. The molecule has 134 valence electrons. The summed E-state index contributed by atoms with van der Waals surface area (Å²) in [5.41, 5.74) is 0.565. The molecule has 2 heterocycles. The molecule has 1 fully saturated rings. The Labute approximate surface area is 151 Å². The van der Waals surface area contributed by atoms with Gasteiger partial charge in [-0.2, -0.15) is 0 Å². The molecule has 1 aliphatic heterocycles. The highest BCUT2D eigenvalue weighted by Gasteiger charge is 2.37. The van der Waals surface area contributed by atoms with Crippen LogP contribution < -0.4 is 15.4 Å². The first-order chi connectivity index (χ1) is 11.9. The minimum Gasteiger partial charge on any atom is -0.321 e. The fraction of sp³-hybridized carbons (Fsp3) is 0.353. The van der Waals surface area contributed by atoms with Crippen molar-refractivity contribution < 1.29 is 18.1 Å². The number of amides is 1. The van der Waals surface area contributed by atoms with E-state index in [4.69, 9.17) is 5.14 Å². The van der Waals surface area contributed by atoms with Gasteiger partial charge in [0.1, 0.15) is 6.04 Å². The lowest BCUT2D eigenvalue weighted by atomic mass is 10.1. The maximum Gasteiger partial charge on any atom is 0.282 e. The number of hydrogen-bond acceptors (Lipinski definition) is 4. The van der Waals surface area contributed by atoms with Gasteiger partial charge in [0.15, 0.2) is 6.04 Å². The molecule has 2 aromatic rings. The first-order valence-electron chi connectivity index (χ1n) is 8.19. The first kappa shape index (κ1) is 18.1. The van der Waals surface area contributed by atoms with Crippen molar-refractivity contribution in [3.05, 3.63) is 46.7 Å². The van der Waals surface area contributed by atoms with Gasteiger partial charge >= 0.3 is 0 Å². The number of hydrogen-bond donors (Lipinski definition) is 3. The molecule has 3 atom stereocenters. The van der Waals surface area contributed by atoms with Gasteiger partial charge in [-0.3, -0.25) is 4.79 Å². The van der Waals surface area contributed by atoms with Crippen LogP contribution in [0.3, 0.4) is 0 Å². The summed E-state index contributed by atoms with van der Waals surface area (Å²) in [7, 11) is -3.73. The summed E-state index contributed by atoms with van der Waals surface area (Å²) in [5.74, 6) is -0.0678. The van der Waals surface area contributed by atoms with E-state index in [1.165, 1.54) is 21.9 Å². The summed E-state index contributed by atoms with van der Waals surface area (Å²) in [6.45, 7) is 2.91. The maximum absolute atomic E-state index is 12.6. The molecule has 3 rings (SSSR count). The van der Waals surface area contributed by atoms with E-state index >= 15 is 0 Å². The number of anilines is 1. The van der Waals surface area contributed by atoms with Crippen LogP contribution in [0.1, 0.15) is 30.7 Å². The molecular weight excluding hydrogens is 358 g/mol. The number of benzene rings is 1. The molecule has 1 unspecified atom stereocenters. The van der Waals surface area contributed by atoms with Gasteiger partial charge in [0.25, 0.3) is 5.91 Å². The van der Waals surface area contributed by atoms with E-state index in [1.54, 1.807) is 23.5 Å². The smallest absolute Gasteiger partial charge is 0.282 e. The van der Waals surface area contributed by atoms with Gasteiger partial charge in [-0.1, -0.05) is 6.07 Å². The second-order valence-electron chi connectivity index (χ2n) is 6.32. The number of thiophene rings is 1. The number of primary sulfonamides is 1. The molecule has 1 aromatic carbocycles. The summed E-state index contributed by atoms with van der Waals surface area (Å²) in [6.07, 6.45) is 2.20. The van der Waals surface area contributed by atoms with Gasteiger partial charge in [0.2, 0.25) is 10.0 Å². The molecule has 6 nitrogen and oxygen atoms in total. The summed E-state index contributed by atoms with van der Waals surface area (Å²) in [4.78, 5) is 15.3. The highest BCUT2D eigenvalue weighted by Crippen LogP contribution is 2.24. The molecule has 1 aliphatic rings. The topological polar surface area (TPSA) is 93.7 Å². The maximum atomic E-state index is 12.6. The van der Waals surface area contributed by atoms with Crippen molar-refractivity contribution in [2.75, 3.05) is 11.9 Å². The zero-order valence-electron chi connectivity index (χ0n) is 13.9. The van der Waals surface area contributed by atoms with Crippen LogP contribution in [0.2, 0.25) is 0 Å². The van der Waals surface area contributed by atoms with E-state index in [1.807, 2.05) is 13.0 Å². The van der Waals surface area contributed by atoms with E-state index in [9.17, 15) is 13.2 Å². The molecule has 4 N–H and O–H groups in total. The predicted molar refractivity (Wildman–Crippen MR) is 98.0 cm³/mol. The summed E-state index contributed by atoms with van der Waals surface area (Å²) in [6, 6.07) is 10.3. The number of carbonyl (C=O) groups is 1. The first-order valence-corrected chi connectivity index (χ1v) is 10.6. The molecule has 1 aromatic heterocycles. The van der Waals surface area contributed by atoms with E-state index in [2.05, 4.69) is 16.8 Å². The standard InChI is InChI=1S/C17H21N3O3S2/c1-12(20-10-2-4-15(20)16-5-3-11-24-16)17(21)19-13-6-8-14(9-7-13)25(18,22)23/h3,5-9,11-12,15H,2,4,10H2,1H3,(H,19,21)(H2,18,22,23)/p+1/t12-,15-/m1/s1. The van der Waals surface area contributed by atoms with Gasteiger partial charge in [0.05, 0.1) is 16.3 Å². The van der Waals surface area contributed by atoms with Crippen LogP contribution in [0.5, 0.6) is 0 Å². The fourth-order valence-corrected chi connectivity index (χ4v) is 4.77. The van der Waals surface area contributed by atoms with Gasteiger partial charge < -0.3 is 10.2 Å². The van der Waals surface area contributed by atoms with Gasteiger partial charge in [-0.25, -0.2) is 13.6 Å². The Balaban J connectivity index is 1.68. The number of rotatable bonds is 5. The number of carbonyl (C=O) groups excluding carboxylic acids is 1.